The van der Waals surface area contributed by atoms with Crippen molar-refractivity contribution in [1.82, 2.24) is 10.2 Å². The first-order valence-corrected chi connectivity index (χ1v) is 5.85. The Morgan fingerprint density at radius 3 is 2.75 bits per heavy atom. The zero-order valence-electron chi connectivity index (χ0n) is 9.66. The standard InChI is InChI=1S/C11H19N3O2/c1-11(10(12)16)4-6-14(7-11)9(15)8-3-2-5-13-8/h8,13H,2-7H2,1H3,(H2,12,16)/t8-,11?/m0/s1. The van der Waals surface area contributed by atoms with Crippen LogP contribution in [0.15, 0.2) is 0 Å². The highest BCUT2D eigenvalue weighted by Gasteiger charge is 2.42. The van der Waals surface area contributed by atoms with E-state index in [1.165, 1.54) is 0 Å². The van der Waals surface area contributed by atoms with Gasteiger partial charge in [-0.1, -0.05) is 0 Å². The molecule has 2 aliphatic heterocycles. The van der Waals surface area contributed by atoms with E-state index in [2.05, 4.69) is 5.32 Å². The van der Waals surface area contributed by atoms with Crippen LogP contribution in [-0.4, -0.2) is 42.4 Å². The summed E-state index contributed by atoms with van der Waals surface area (Å²) in [6.45, 7) is 3.87. The fourth-order valence-electron chi connectivity index (χ4n) is 2.47. The largest absolute Gasteiger partial charge is 0.369 e. The maximum Gasteiger partial charge on any atom is 0.239 e. The zero-order chi connectivity index (χ0) is 11.8. The lowest BCUT2D eigenvalue weighted by Gasteiger charge is -2.23. The van der Waals surface area contributed by atoms with Gasteiger partial charge in [-0.2, -0.15) is 0 Å². The average Bonchev–Trinajstić information content (AvgIpc) is 2.85. The van der Waals surface area contributed by atoms with Crippen LogP contribution in [0.2, 0.25) is 0 Å². The normalized spacial score (nSPS) is 34.3. The first-order chi connectivity index (χ1) is 7.53. The van der Waals surface area contributed by atoms with Crippen molar-refractivity contribution in [2.75, 3.05) is 19.6 Å². The van der Waals surface area contributed by atoms with Crippen molar-refractivity contribution in [2.24, 2.45) is 11.1 Å². The number of carbonyl (C=O) groups is 2. The summed E-state index contributed by atoms with van der Waals surface area (Å²) in [4.78, 5) is 25.1. The third-order valence-electron chi connectivity index (χ3n) is 3.74. The van der Waals surface area contributed by atoms with Gasteiger partial charge in [-0.25, -0.2) is 0 Å². The number of nitrogens with one attached hydrogen (secondary N) is 1. The van der Waals surface area contributed by atoms with Crippen LogP contribution in [0.3, 0.4) is 0 Å². The molecule has 2 rings (SSSR count). The Morgan fingerprint density at radius 1 is 1.50 bits per heavy atom. The first kappa shape index (κ1) is 11.4. The predicted molar refractivity (Wildman–Crippen MR) is 59.5 cm³/mol. The summed E-state index contributed by atoms with van der Waals surface area (Å²) in [7, 11) is 0. The van der Waals surface area contributed by atoms with E-state index >= 15 is 0 Å². The van der Waals surface area contributed by atoms with Crippen molar-refractivity contribution < 1.29 is 9.59 Å². The van der Waals surface area contributed by atoms with Crippen LogP contribution in [0, 0.1) is 5.41 Å². The van der Waals surface area contributed by atoms with Gasteiger partial charge in [0.25, 0.3) is 0 Å². The molecule has 0 aromatic rings. The monoisotopic (exact) mass is 225 g/mol. The summed E-state index contributed by atoms with van der Waals surface area (Å²) in [5.41, 5.74) is 4.82. The summed E-state index contributed by atoms with van der Waals surface area (Å²) in [5, 5.41) is 3.18. The number of amides is 2. The number of hydrogen-bond acceptors (Lipinski definition) is 3. The van der Waals surface area contributed by atoms with Gasteiger partial charge < -0.3 is 16.0 Å². The van der Waals surface area contributed by atoms with Crippen molar-refractivity contribution in [1.29, 1.82) is 0 Å². The molecule has 2 amide bonds. The Balaban J connectivity index is 1.97. The highest BCUT2D eigenvalue weighted by atomic mass is 16.2. The molecular weight excluding hydrogens is 206 g/mol. The van der Waals surface area contributed by atoms with Crippen LogP contribution in [0.1, 0.15) is 26.2 Å². The summed E-state index contributed by atoms with van der Waals surface area (Å²) >= 11 is 0. The molecule has 16 heavy (non-hydrogen) atoms. The van der Waals surface area contributed by atoms with Gasteiger partial charge in [0.05, 0.1) is 11.5 Å². The zero-order valence-corrected chi connectivity index (χ0v) is 9.66. The summed E-state index contributed by atoms with van der Waals surface area (Å²) in [6, 6.07) is -0.0461. The van der Waals surface area contributed by atoms with E-state index in [1.807, 2.05) is 6.92 Å². The Kier molecular flexibility index (Phi) is 2.88. The quantitative estimate of drug-likeness (QED) is 0.663. The summed E-state index contributed by atoms with van der Waals surface area (Å²) < 4.78 is 0. The smallest absolute Gasteiger partial charge is 0.239 e. The van der Waals surface area contributed by atoms with Crippen LogP contribution in [0.4, 0.5) is 0 Å². The second-order valence-corrected chi connectivity index (χ2v) is 5.08. The van der Waals surface area contributed by atoms with Crippen molar-refractivity contribution in [3.63, 3.8) is 0 Å². The number of nitrogens with two attached hydrogens (primary N) is 1. The molecule has 2 aliphatic rings. The van der Waals surface area contributed by atoms with Crippen LogP contribution >= 0.6 is 0 Å². The molecule has 2 heterocycles. The average molecular weight is 225 g/mol. The molecule has 2 atom stereocenters. The minimum absolute atomic E-state index is 0.0461. The third-order valence-corrected chi connectivity index (χ3v) is 3.74. The lowest BCUT2D eigenvalue weighted by atomic mass is 9.89. The van der Waals surface area contributed by atoms with Crippen LogP contribution < -0.4 is 11.1 Å². The molecule has 5 nitrogen and oxygen atoms in total. The van der Waals surface area contributed by atoms with Gasteiger partial charge >= 0.3 is 0 Å². The van der Waals surface area contributed by atoms with Gasteiger partial charge in [0.2, 0.25) is 11.8 Å². The molecule has 90 valence electrons. The molecule has 0 aromatic carbocycles. The summed E-state index contributed by atoms with van der Waals surface area (Å²) in [5.74, 6) is -0.176. The molecule has 2 fully saturated rings. The maximum atomic E-state index is 12.1. The molecule has 0 aliphatic carbocycles. The number of carbonyl (C=O) groups excluding carboxylic acids is 2. The van der Waals surface area contributed by atoms with Gasteiger partial charge in [0.15, 0.2) is 0 Å². The molecule has 0 radical (unpaired) electrons. The predicted octanol–water partition coefficient (Wildman–Crippen LogP) is -0.538. The van der Waals surface area contributed by atoms with E-state index < -0.39 is 5.41 Å². The van der Waals surface area contributed by atoms with Crippen molar-refractivity contribution in [3.05, 3.63) is 0 Å². The second-order valence-electron chi connectivity index (χ2n) is 5.08. The highest BCUT2D eigenvalue weighted by Crippen LogP contribution is 2.30. The first-order valence-electron chi connectivity index (χ1n) is 5.85. The summed E-state index contributed by atoms with van der Waals surface area (Å²) in [6.07, 6.45) is 2.64. The molecule has 0 aromatic heterocycles. The van der Waals surface area contributed by atoms with Gasteiger partial charge in [-0.05, 0) is 32.7 Å². The number of hydrogen-bond donors (Lipinski definition) is 2. The van der Waals surface area contributed by atoms with Gasteiger partial charge in [-0.3, -0.25) is 9.59 Å². The lowest BCUT2D eigenvalue weighted by molar-refractivity contribution is -0.133. The minimum Gasteiger partial charge on any atom is -0.369 e. The lowest BCUT2D eigenvalue weighted by Crippen LogP contribution is -2.44. The molecule has 1 unspecified atom stereocenters. The van der Waals surface area contributed by atoms with Gasteiger partial charge in [-0.15, -0.1) is 0 Å². The van der Waals surface area contributed by atoms with Crippen LogP contribution in [-0.2, 0) is 9.59 Å². The molecule has 2 saturated heterocycles. The SMILES string of the molecule is CC1(C(N)=O)CCN(C(=O)[C@@H]2CCCN2)C1. The van der Waals surface area contributed by atoms with Crippen molar-refractivity contribution in [2.45, 2.75) is 32.2 Å². The Hall–Kier alpha value is -1.10. The topological polar surface area (TPSA) is 75.4 Å². The van der Waals surface area contributed by atoms with Gasteiger partial charge in [0.1, 0.15) is 0 Å². The fourth-order valence-corrected chi connectivity index (χ4v) is 2.47. The van der Waals surface area contributed by atoms with E-state index in [1.54, 1.807) is 4.90 Å². The van der Waals surface area contributed by atoms with Crippen LogP contribution in [0.5, 0.6) is 0 Å². The molecule has 0 bridgehead atoms. The van der Waals surface area contributed by atoms with Gasteiger partial charge in [0, 0.05) is 13.1 Å². The molecule has 0 spiro atoms. The number of primary amides is 1. The molecule has 5 heteroatoms. The van der Waals surface area contributed by atoms with E-state index in [-0.39, 0.29) is 17.9 Å². The minimum atomic E-state index is -0.533. The Morgan fingerprint density at radius 2 is 2.25 bits per heavy atom. The second kappa shape index (κ2) is 4.05. The molecule has 0 saturated carbocycles. The molecular formula is C11H19N3O2. The van der Waals surface area contributed by atoms with E-state index in [0.717, 1.165) is 19.4 Å². The number of rotatable bonds is 2. The fraction of sp³-hybridized carbons (Fsp3) is 0.818. The highest BCUT2D eigenvalue weighted by molar-refractivity contribution is 5.86. The maximum absolute atomic E-state index is 12.1. The Labute approximate surface area is 95.3 Å². The van der Waals surface area contributed by atoms with E-state index in [4.69, 9.17) is 5.73 Å². The van der Waals surface area contributed by atoms with Crippen LogP contribution in [0.25, 0.3) is 0 Å². The molecule has 3 N–H and O–H groups in total. The van der Waals surface area contributed by atoms with Crippen molar-refractivity contribution >= 4 is 11.8 Å². The Bertz CT molecular complexity index is 312. The van der Waals surface area contributed by atoms with E-state index in [0.29, 0.717) is 19.5 Å². The number of nitrogens with zero attached hydrogens (tertiary/aromatic N) is 1. The third kappa shape index (κ3) is 1.91. The van der Waals surface area contributed by atoms with Crippen molar-refractivity contribution in [3.8, 4) is 0 Å². The number of likely N-dealkylation sites (tertiary alicyclic amines) is 1. The van der Waals surface area contributed by atoms with E-state index in [9.17, 15) is 9.59 Å².